The summed E-state index contributed by atoms with van der Waals surface area (Å²) in [4.78, 5) is 14.0. The van der Waals surface area contributed by atoms with Crippen molar-refractivity contribution in [1.82, 2.24) is 10.2 Å². The number of aliphatic hydroxyl groups is 2. The van der Waals surface area contributed by atoms with Crippen molar-refractivity contribution in [2.75, 3.05) is 13.2 Å². The molecule has 1 aromatic rings. The van der Waals surface area contributed by atoms with Gasteiger partial charge in [-0.15, -0.1) is 0 Å². The fourth-order valence-corrected chi connectivity index (χ4v) is 2.66. The molecule has 21 heavy (non-hydrogen) atoms. The van der Waals surface area contributed by atoms with E-state index in [0.717, 1.165) is 31.2 Å². The molecule has 0 spiro atoms. The van der Waals surface area contributed by atoms with Gasteiger partial charge in [0.05, 0.1) is 12.7 Å². The van der Waals surface area contributed by atoms with Gasteiger partial charge in [-0.3, -0.25) is 0 Å². The molecule has 116 valence electrons. The SMILES string of the molecule is O=C(NC1CCC(O)CC1)N(CCO)Cc1ccccc1. The fraction of sp³-hybridized carbons (Fsp3) is 0.562. The molecule has 0 aliphatic heterocycles. The molecule has 3 N–H and O–H groups in total. The van der Waals surface area contributed by atoms with Gasteiger partial charge in [0.15, 0.2) is 0 Å². The molecular formula is C16H24N2O3. The second kappa shape index (κ2) is 8.00. The van der Waals surface area contributed by atoms with E-state index >= 15 is 0 Å². The lowest BCUT2D eigenvalue weighted by Crippen LogP contribution is -2.46. The molecule has 0 radical (unpaired) electrons. The Balaban J connectivity index is 1.89. The molecular weight excluding hydrogens is 268 g/mol. The molecule has 0 aromatic heterocycles. The predicted octanol–water partition coefficient (Wildman–Crippen LogP) is 1.49. The topological polar surface area (TPSA) is 72.8 Å². The quantitative estimate of drug-likeness (QED) is 0.770. The van der Waals surface area contributed by atoms with Gasteiger partial charge in [0.1, 0.15) is 0 Å². The Morgan fingerprint density at radius 3 is 2.48 bits per heavy atom. The van der Waals surface area contributed by atoms with Crippen LogP contribution in [-0.2, 0) is 6.54 Å². The van der Waals surface area contributed by atoms with Crippen LogP contribution in [-0.4, -0.2) is 46.4 Å². The van der Waals surface area contributed by atoms with Crippen LogP contribution >= 0.6 is 0 Å². The van der Waals surface area contributed by atoms with E-state index in [4.69, 9.17) is 5.11 Å². The van der Waals surface area contributed by atoms with Crippen LogP contribution in [0.5, 0.6) is 0 Å². The van der Waals surface area contributed by atoms with Crippen LogP contribution in [0.4, 0.5) is 4.79 Å². The zero-order valence-corrected chi connectivity index (χ0v) is 12.2. The second-order valence-electron chi connectivity index (χ2n) is 5.59. The molecule has 0 atom stereocenters. The van der Waals surface area contributed by atoms with E-state index in [1.807, 2.05) is 30.3 Å². The van der Waals surface area contributed by atoms with Crippen molar-refractivity contribution in [1.29, 1.82) is 0 Å². The highest BCUT2D eigenvalue weighted by atomic mass is 16.3. The number of carbonyl (C=O) groups excluding carboxylic acids is 1. The van der Waals surface area contributed by atoms with Gasteiger partial charge in [0.25, 0.3) is 0 Å². The molecule has 0 saturated heterocycles. The number of hydrogen-bond donors (Lipinski definition) is 3. The molecule has 1 aliphatic carbocycles. The second-order valence-corrected chi connectivity index (χ2v) is 5.59. The summed E-state index contributed by atoms with van der Waals surface area (Å²) in [7, 11) is 0. The number of hydrogen-bond acceptors (Lipinski definition) is 3. The van der Waals surface area contributed by atoms with E-state index in [-0.39, 0.29) is 24.8 Å². The van der Waals surface area contributed by atoms with Crippen molar-refractivity contribution < 1.29 is 15.0 Å². The van der Waals surface area contributed by atoms with Crippen molar-refractivity contribution in [2.45, 2.75) is 44.4 Å². The normalized spacial score (nSPS) is 21.8. The Morgan fingerprint density at radius 1 is 1.19 bits per heavy atom. The fourth-order valence-electron chi connectivity index (χ4n) is 2.66. The van der Waals surface area contributed by atoms with Gasteiger partial charge in [-0.25, -0.2) is 4.79 Å². The van der Waals surface area contributed by atoms with Gasteiger partial charge in [0.2, 0.25) is 0 Å². The van der Waals surface area contributed by atoms with Crippen molar-refractivity contribution in [2.24, 2.45) is 0 Å². The van der Waals surface area contributed by atoms with E-state index in [0.29, 0.717) is 13.1 Å². The zero-order valence-electron chi connectivity index (χ0n) is 12.2. The first kappa shape index (κ1) is 15.8. The van der Waals surface area contributed by atoms with Crippen LogP contribution in [0.3, 0.4) is 0 Å². The minimum atomic E-state index is -0.226. The summed E-state index contributed by atoms with van der Waals surface area (Å²) in [6, 6.07) is 9.73. The molecule has 1 saturated carbocycles. The summed E-state index contributed by atoms with van der Waals surface area (Å²) in [6.45, 7) is 0.752. The summed E-state index contributed by atoms with van der Waals surface area (Å²) in [5, 5.41) is 21.7. The average molecular weight is 292 g/mol. The first-order valence-corrected chi connectivity index (χ1v) is 7.57. The Labute approximate surface area is 125 Å². The summed E-state index contributed by atoms with van der Waals surface area (Å²) in [5.74, 6) is 0. The molecule has 0 bridgehead atoms. The predicted molar refractivity (Wildman–Crippen MR) is 80.7 cm³/mol. The summed E-state index contributed by atoms with van der Waals surface area (Å²) >= 11 is 0. The monoisotopic (exact) mass is 292 g/mol. The molecule has 2 rings (SSSR count). The number of aliphatic hydroxyl groups excluding tert-OH is 2. The first-order chi connectivity index (χ1) is 10.2. The molecule has 1 fully saturated rings. The van der Waals surface area contributed by atoms with Crippen LogP contribution in [0.15, 0.2) is 30.3 Å². The number of carbonyl (C=O) groups is 1. The minimum absolute atomic E-state index is 0.0520. The maximum atomic E-state index is 12.3. The third-order valence-corrected chi connectivity index (χ3v) is 3.90. The van der Waals surface area contributed by atoms with Gasteiger partial charge in [0, 0.05) is 19.1 Å². The van der Waals surface area contributed by atoms with Crippen LogP contribution < -0.4 is 5.32 Å². The van der Waals surface area contributed by atoms with Crippen molar-refractivity contribution in [3.05, 3.63) is 35.9 Å². The van der Waals surface area contributed by atoms with Crippen molar-refractivity contribution in [3.63, 3.8) is 0 Å². The Hall–Kier alpha value is -1.59. The number of amides is 2. The van der Waals surface area contributed by atoms with Crippen molar-refractivity contribution in [3.8, 4) is 0 Å². The third-order valence-electron chi connectivity index (χ3n) is 3.90. The van der Waals surface area contributed by atoms with Gasteiger partial charge in [-0.05, 0) is 31.2 Å². The zero-order chi connectivity index (χ0) is 15.1. The minimum Gasteiger partial charge on any atom is -0.395 e. The maximum Gasteiger partial charge on any atom is 0.317 e. The molecule has 0 unspecified atom stereocenters. The standard InChI is InChI=1S/C16H24N2O3/c19-11-10-18(12-13-4-2-1-3-5-13)16(21)17-14-6-8-15(20)9-7-14/h1-5,14-15,19-20H,6-12H2,(H,17,21). The number of benzene rings is 1. The van der Waals surface area contributed by atoms with E-state index in [9.17, 15) is 9.90 Å². The Bertz CT molecular complexity index is 430. The van der Waals surface area contributed by atoms with E-state index in [1.165, 1.54) is 0 Å². The molecule has 0 heterocycles. The van der Waals surface area contributed by atoms with E-state index in [1.54, 1.807) is 4.90 Å². The van der Waals surface area contributed by atoms with Crippen LogP contribution in [0.25, 0.3) is 0 Å². The number of urea groups is 1. The number of nitrogens with zero attached hydrogens (tertiary/aromatic N) is 1. The Kier molecular flexibility index (Phi) is 6.02. The number of nitrogens with one attached hydrogen (secondary N) is 1. The molecule has 2 amide bonds. The largest absolute Gasteiger partial charge is 0.395 e. The van der Waals surface area contributed by atoms with Crippen LogP contribution in [0, 0.1) is 0 Å². The highest BCUT2D eigenvalue weighted by molar-refractivity contribution is 5.74. The van der Waals surface area contributed by atoms with Gasteiger partial charge in [-0.1, -0.05) is 30.3 Å². The van der Waals surface area contributed by atoms with Crippen molar-refractivity contribution >= 4 is 6.03 Å². The van der Waals surface area contributed by atoms with E-state index < -0.39 is 0 Å². The lowest BCUT2D eigenvalue weighted by molar-refractivity contribution is 0.114. The molecule has 1 aromatic carbocycles. The molecule has 5 nitrogen and oxygen atoms in total. The maximum absolute atomic E-state index is 12.3. The van der Waals surface area contributed by atoms with Crippen LogP contribution in [0.1, 0.15) is 31.2 Å². The summed E-state index contributed by atoms with van der Waals surface area (Å²) < 4.78 is 0. The molecule has 5 heteroatoms. The lowest BCUT2D eigenvalue weighted by Gasteiger charge is -2.29. The van der Waals surface area contributed by atoms with Gasteiger partial charge < -0.3 is 20.4 Å². The smallest absolute Gasteiger partial charge is 0.317 e. The first-order valence-electron chi connectivity index (χ1n) is 7.57. The third kappa shape index (κ3) is 5.02. The summed E-state index contributed by atoms with van der Waals surface area (Å²) in [6.07, 6.45) is 2.87. The number of rotatable bonds is 5. The van der Waals surface area contributed by atoms with Crippen LogP contribution in [0.2, 0.25) is 0 Å². The van der Waals surface area contributed by atoms with Gasteiger partial charge in [-0.2, -0.15) is 0 Å². The lowest BCUT2D eigenvalue weighted by atomic mass is 9.93. The Morgan fingerprint density at radius 2 is 1.86 bits per heavy atom. The highest BCUT2D eigenvalue weighted by Gasteiger charge is 2.23. The summed E-state index contributed by atoms with van der Waals surface area (Å²) in [5.41, 5.74) is 1.04. The average Bonchev–Trinajstić information content (AvgIpc) is 2.50. The molecule has 1 aliphatic rings. The highest BCUT2D eigenvalue weighted by Crippen LogP contribution is 2.18. The van der Waals surface area contributed by atoms with E-state index in [2.05, 4.69) is 5.32 Å². The van der Waals surface area contributed by atoms with Gasteiger partial charge >= 0.3 is 6.03 Å².